The predicted molar refractivity (Wildman–Crippen MR) is 137 cm³/mol. The fourth-order valence-electron chi connectivity index (χ4n) is 3.73. The fourth-order valence-corrected chi connectivity index (χ4v) is 4.05. The average molecular weight is 439 g/mol. The van der Waals surface area contributed by atoms with Crippen molar-refractivity contribution in [3.8, 4) is 0 Å². The summed E-state index contributed by atoms with van der Waals surface area (Å²) in [5, 5.41) is 3.35. The zero-order valence-corrected chi connectivity index (χ0v) is 19.8. The maximum atomic E-state index is 12.5. The van der Waals surface area contributed by atoms with Gasteiger partial charge in [-0.05, 0) is 42.9 Å². The van der Waals surface area contributed by atoms with Gasteiger partial charge in [-0.1, -0.05) is 108 Å². The molecular formula is C27H38N2OS. The van der Waals surface area contributed by atoms with Crippen LogP contribution in [-0.4, -0.2) is 11.0 Å². The van der Waals surface area contributed by atoms with Gasteiger partial charge in [-0.15, -0.1) is 0 Å². The Balaban J connectivity index is 1.68. The first-order valence-corrected chi connectivity index (χ1v) is 12.4. The van der Waals surface area contributed by atoms with E-state index in [2.05, 4.69) is 12.2 Å². The minimum absolute atomic E-state index is 0.00205. The largest absolute Gasteiger partial charge is 0.302 e. The van der Waals surface area contributed by atoms with E-state index >= 15 is 0 Å². The molecule has 31 heavy (non-hydrogen) atoms. The SMILES string of the molecule is CCCCCCCCCCCCCC(=O)NC(=S)N(c1ccccc1)c1ccccc1. The molecule has 2 aromatic carbocycles. The minimum atomic E-state index is -0.00205. The Bertz CT molecular complexity index is 709. The van der Waals surface area contributed by atoms with Crippen molar-refractivity contribution in [2.75, 3.05) is 4.90 Å². The van der Waals surface area contributed by atoms with Crippen LogP contribution in [-0.2, 0) is 4.79 Å². The van der Waals surface area contributed by atoms with Gasteiger partial charge in [0.1, 0.15) is 0 Å². The van der Waals surface area contributed by atoms with Gasteiger partial charge in [0, 0.05) is 17.8 Å². The molecule has 0 aliphatic heterocycles. The molecule has 0 saturated carbocycles. The van der Waals surface area contributed by atoms with Gasteiger partial charge in [0.15, 0.2) is 5.11 Å². The summed E-state index contributed by atoms with van der Waals surface area (Å²) in [7, 11) is 0. The number of para-hydroxylation sites is 2. The zero-order valence-electron chi connectivity index (χ0n) is 19.0. The van der Waals surface area contributed by atoms with Crippen LogP contribution in [0.15, 0.2) is 60.7 Å². The van der Waals surface area contributed by atoms with Gasteiger partial charge in [-0.25, -0.2) is 0 Å². The monoisotopic (exact) mass is 438 g/mol. The predicted octanol–water partition coefficient (Wildman–Crippen LogP) is 7.93. The number of rotatable bonds is 14. The number of benzene rings is 2. The number of unbranched alkanes of at least 4 members (excludes halogenated alkanes) is 10. The molecule has 0 aliphatic rings. The fraction of sp³-hybridized carbons (Fsp3) is 0.481. The summed E-state index contributed by atoms with van der Waals surface area (Å²) < 4.78 is 0. The highest BCUT2D eigenvalue weighted by molar-refractivity contribution is 7.80. The number of carbonyl (C=O) groups excluding carboxylic acids is 1. The van der Waals surface area contributed by atoms with E-state index in [1.54, 1.807) is 0 Å². The number of carbonyl (C=O) groups is 1. The molecule has 0 radical (unpaired) electrons. The maximum Gasteiger partial charge on any atom is 0.226 e. The Labute approximate surface area is 194 Å². The topological polar surface area (TPSA) is 32.3 Å². The molecule has 1 amide bonds. The Kier molecular flexibility index (Phi) is 12.6. The van der Waals surface area contributed by atoms with E-state index in [1.807, 2.05) is 65.6 Å². The molecule has 0 heterocycles. The third-order valence-electron chi connectivity index (χ3n) is 5.49. The maximum absolute atomic E-state index is 12.5. The molecule has 0 atom stereocenters. The second-order valence-corrected chi connectivity index (χ2v) is 8.53. The summed E-state index contributed by atoms with van der Waals surface area (Å²) in [5.41, 5.74) is 1.88. The minimum Gasteiger partial charge on any atom is -0.302 e. The lowest BCUT2D eigenvalue weighted by Gasteiger charge is -2.25. The summed E-state index contributed by atoms with van der Waals surface area (Å²) in [4.78, 5) is 14.4. The van der Waals surface area contributed by atoms with E-state index in [9.17, 15) is 4.79 Å². The van der Waals surface area contributed by atoms with Crippen molar-refractivity contribution in [3.63, 3.8) is 0 Å². The Morgan fingerprint density at radius 1 is 0.710 bits per heavy atom. The van der Waals surface area contributed by atoms with Crippen LogP contribution in [0.5, 0.6) is 0 Å². The molecule has 4 heteroatoms. The lowest BCUT2D eigenvalue weighted by atomic mass is 10.1. The van der Waals surface area contributed by atoms with E-state index in [0.717, 1.165) is 24.2 Å². The van der Waals surface area contributed by atoms with Gasteiger partial charge in [-0.3, -0.25) is 9.69 Å². The van der Waals surface area contributed by atoms with Crippen molar-refractivity contribution in [2.24, 2.45) is 0 Å². The number of nitrogens with zero attached hydrogens (tertiary/aromatic N) is 1. The van der Waals surface area contributed by atoms with E-state index in [1.165, 1.54) is 57.8 Å². The van der Waals surface area contributed by atoms with Gasteiger partial charge in [-0.2, -0.15) is 0 Å². The highest BCUT2D eigenvalue weighted by Crippen LogP contribution is 2.25. The van der Waals surface area contributed by atoms with Gasteiger partial charge in [0.2, 0.25) is 5.91 Å². The Morgan fingerprint density at radius 2 is 1.13 bits per heavy atom. The van der Waals surface area contributed by atoms with Gasteiger partial charge in [0.05, 0.1) is 0 Å². The van der Waals surface area contributed by atoms with Gasteiger partial charge in [0.25, 0.3) is 0 Å². The van der Waals surface area contributed by atoms with Crippen LogP contribution in [0.4, 0.5) is 11.4 Å². The van der Waals surface area contributed by atoms with E-state index in [-0.39, 0.29) is 5.91 Å². The highest BCUT2D eigenvalue weighted by atomic mass is 32.1. The summed E-state index contributed by atoms with van der Waals surface area (Å²) >= 11 is 5.60. The number of thiocarbonyl (C=S) groups is 1. The normalized spacial score (nSPS) is 10.6. The highest BCUT2D eigenvalue weighted by Gasteiger charge is 2.16. The van der Waals surface area contributed by atoms with Crippen molar-refractivity contribution in [1.82, 2.24) is 5.32 Å². The number of hydrogen-bond acceptors (Lipinski definition) is 2. The van der Waals surface area contributed by atoms with E-state index in [4.69, 9.17) is 12.2 Å². The molecule has 3 nitrogen and oxygen atoms in total. The van der Waals surface area contributed by atoms with Crippen molar-refractivity contribution >= 4 is 34.6 Å². The van der Waals surface area contributed by atoms with Gasteiger partial charge < -0.3 is 5.32 Å². The summed E-state index contributed by atoms with van der Waals surface area (Å²) in [6.45, 7) is 2.26. The molecule has 1 N–H and O–H groups in total. The molecular weight excluding hydrogens is 400 g/mol. The smallest absolute Gasteiger partial charge is 0.226 e. The quantitative estimate of drug-likeness (QED) is 0.240. The molecule has 2 aromatic rings. The van der Waals surface area contributed by atoms with Crippen LogP contribution < -0.4 is 10.2 Å². The van der Waals surface area contributed by atoms with Crippen LogP contribution in [0, 0.1) is 0 Å². The standard InChI is InChI=1S/C27H38N2OS/c1-2-3-4-5-6-7-8-9-10-11-18-23-26(30)28-27(31)29(24-19-14-12-15-20-24)25-21-16-13-17-22-25/h12-17,19-22H,2-11,18,23H2,1H3,(H,28,30,31). The first-order valence-electron chi connectivity index (χ1n) is 12.0. The third-order valence-corrected chi connectivity index (χ3v) is 5.77. The molecule has 0 spiro atoms. The van der Waals surface area contributed by atoms with Crippen molar-refractivity contribution in [3.05, 3.63) is 60.7 Å². The van der Waals surface area contributed by atoms with Crippen LogP contribution in [0.1, 0.15) is 84.0 Å². The summed E-state index contributed by atoms with van der Waals surface area (Å²) in [6, 6.07) is 19.8. The molecule has 0 fully saturated rings. The van der Waals surface area contributed by atoms with Crippen LogP contribution in [0.2, 0.25) is 0 Å². The number of amides is 1. The number of nitrogens with one attached hydrogen (secondary N) is 1. The molecule has 0 bridgehead atoms. The first-order chi connectivity index (χ1) is 15.2. The van der Waals surface area contributed by atoms with Crippen molar-refractivity contribution < 1.29 is 4.79 Å². The third kappa shape index (κ3) is 10.1. The Hall–Kier alpha value is -2.20. The first kappa shape index (κ1) is 25.1. The van der Waals surface area contributed by atoms with Crippen molar-refractivity contribution in [2.45, 2.75) is 84.0 Å². The molecule has 168 valence electrons. The van der Waals surface area contributed by atoms with Crippen LogP contribution >= 0.6 is 12.2 Å². The summed E-state index contributed by atoms with van der Waals surface area (Å²) in [5.74, 6) is -0.00205. The molecule has 2 rings (SSSR count). The van der Waals surface area contributed by atoms with Crippen molar-refractivity contribution in [1.29, 1.82) is 0 Å². The summed E-state index contributed by atoms with van der Waals surface area (Å²) in [6.07, 6.45) is 14.6. The second kappa shape index (κ2) is 15.6. The lowest BCUT2D eigenvalue weighted by Crippen LogP contribution is -2.40. The molecule has 0 unspecified atom stereocenters. The molecule has 0 aromatic heterocycles. The zero-order chi connectivity index (χ0) is 22.2. The van der Waals surface area contributed by atoms with Crippen LogP contribution in [0.25, 0.3) is 0 Å². The molecule has 0 saturated heterocycles. The molecule has 0 aliphatic carbocycles. The Morgan fingerprint density at radius 3 is 1.58 bits per heavy atom. The number of anilines is 2. The van der Waals surface area contributed by atoms with Crippen LogP contribution in [0.3, 0.4) is 0 Å². The lowest BCUT2D eigenvalue weighted by molar-refractivity contribution is -0.119. The second-order valence-electron chi connectivity index (χ2n) is 8.15. The van der Waals surface area contributed by atoms with E-state index in [0.29, 0.717) is 11.5 Å². The van der Waals surface area contributed by atoms with E-state index < -0.39 is 0 Å². The number of hydrogen-bond donors (Lipinski definition) is 1. The van der Waals surface area contributed by atoms with Gasteiger partial charge >= 0.3 is 0 Å². The average Bonchev–Trinajstić information content (AvgIpc) is 2.79.